The lowest BCUT2D eigenvalue weighted by Gasteiger charge is -2.29. The number of hydrogen-bond acceptors (Lipinski definition) is 7. The van der Waals surface area contributed by atoms with Crippen LogP contribution in [0.2, 0.25) is 0 Å². The van der Waals surface area contributed by atoms with E-state index in [1.54, 1.807) is 0 Å². The summed E-state index contributed by atoms with van der Waals surface area (Å²) in [7, 11) is -4.88. The number of nitrogens with one attached hydrogen (secondary N) is 3. The molecule has 0 aliphatic rings. The molecule has 0 aromatic rings. The van der Waals surface area contributed by atoms with Gasteiger partial charge in [0.15, 0.2) is 11.9 Å². The molecule has 16 nitrogen and oxygen atoms in total. The number of aliphatic imine (C=N–C) groups is 2. The second kappa shape index (κ2) is 25.9. The fourth-order valence-electron chi connectivity index (χ4n) is 4.91. The van der Waals surface area contributed by atoms with Crippen molar-refractivity contribution >= 4 is 39.9 Å². The van der Waals surface area contributed by atoms with Gasteiger partial charge in [0.05, 0.1) is 6.54 Å². The molecule has 0 aromatic carbocycles. The summed E-state index contributed by atoms with van der Waals surface area (Å²) in [5.41, 5.74) is 21.3. The van der Waals surface area contributed by atoms with Crippen LogP contribution in [0.1, 0.15) is 111 Å². The molecule has 0 aliphatic heterocycles. The topological polar surface area (TPSA) is 274 Å². The van der Waals surface area contributed by atoms with Crippen LogP contribution >= 0.6 is 0 Å². The Hall–Kier alpha value is -3.18. The van der Waals surface area contributed by atoms with Crippen molar-refractivity contribution in [3.63, 3.8) is 0 Å². The Morgan fingerprint density at radius 3 is 1.87 bits per heavy atom. The van der Waals surface area contributed by atoms with Gasteiger partial charge in [0, 0.05) is 38.6 Å². The Kier molecular flexibility index (Phi) is 24.1. The zero-order valence-corrected chi connectivity index (χ0v) is 29.5. The van der Waals surface area contributed by atoms with E-state index >= 15 is 0 Å². The molecule has 0 fully saturated rings. The molecule has 1 unspecified atom stereocenters. The molecular weight excluding hydrogens is 628 g/mol. The van der Waals surface area contributed by atoms with Crippen LogP contribution in [0, 0.1) is 5.92 Å². The van der Waals surface area contributed by atoms with Gasteiger partial charge in [-0.3, -0.25) is 28.9 Å². The smallest absolute Gasteiger partial charge is 0.336 e. The highest BCUT2D eigenvalue weighted by Gasteiger charge is 2.33. The summed E-state index contributed by atoms with van der Waals surface area (Å²) >= 11 is 0. The fraction of sp³-hybridized carbons (Fsp3) is 0.833. The van der Waals surface area contributed by atoms with Crippen molar-refractivity contribution in [1.29, 1.82) is 0 Å². The van der Waals surface area contributed by atoms with Crippen molar-refractivity contribution in [2.45, 2.75) is 123 Å². The van der Waals surface area contributed by atoms with Gasteiger partial charge in [-0.1, -0.05) is 59.3 Å². The van der Waals surface area contributed by atoms with E-state index in [1.165, 1.54) is 0 Å². The number of rotatable bonds is 28. The van der Waals surface area contributed by atoms with Gasteiger partial charge in [-0.2, -0.15) is 12.7 Å². The van der Waals surface area contributed by atoms with Crippen LogP contribution in [0.3, 0.4) is 0 Å². The number of nitrogens with zero attached hydrogens (tertiary/aromatic N) is 3. The van der Waals surface area contributed by atoms with E-state index in [0.717, 1.165) is 44.9 Å². The number of carbonyl (C=O) groups is 3. The summed E-state index contributed by atoms with van der Waals surface area (Å²) in [4.78, 5) is 46.8. The normalized spacial score (nSPS) is 12.7. The summed E-state index contributed by atoms with van der Waals surface area (Å²) in [6, 6.07) is -1.87. The van der Waals surface area contributed by atoms with Gasteiger partial charge in [-0.15, -0.1) is 0 Å². The van der Waals surface area contributed by atoms with Crippen LogP contribution in [0.5, 0.6) is 0 Å². The molecule has 0 rings (SSSR count). The van der Waals surface area contributed by atoms with Gasteiger partial charge in [-0.25, -0.2) is 0 Å². The molecule has 0 aliphatic carbocycles. The number of guanidine groups is 2. The quantitative estimate of drug-likeness (QED) is 0.0248. The lowest BCUT2D eigenvalue weighted by molar-refractivity contribution is -0.129. The standard InChI is InChI=1S/C30H62N10O6S/c1-4-5-6-7-8-10-15-24(21-26(41)35-16-11-9-12-18-37-29(31)32)40(47(44,45)46)22-27(42)39-25(20-23(2)3)28(43)36-17-13-14-19-38-30(33)34/h23-25H,4-22H2,1-3H3,(H,35,41)(H,36,43)(H,39,42)(H4,31,32,37)(H4,33,34,38)(H,44,45,46)/t24?,25-/m0/s1. The average molecular weight is 691 g/mol. The van der Waals surface area contributed by atoms with E-state index in [1.807, 2.05) is 13.8 Å². The molecule has 0 spiro atoms. The molecule has 0 saturated heterocycles. The molecule has 12 N–H and O–H groups in total. The largest absolute Gasteiger partial charge is 0.370 e. The van der Waals surface area contributed by atoms with Crippen molar-refractivity contribution in [3.05, 3.63) is 0 Å². The summed E-state index contributed by atoms with van der Waals surface area (Å²) in [6.45, 7) is 6.79. The fourth-order valence-corrected chi connectivity index (χ4v) is 5.74. The minimum atomic E-state index is -4.88. The Bertz CT molecular complexity index is 1060. The molecular formula is C30H62N10O6S. The van der Waals surface area contributed by atoms with Gasteiger partial charge in [0.2, 0.25) is 17.7 Å². The molecule has 274 valence electrons. The van der Waals surface area contributed by atoms with Gasteiger partial charge >= 0.3 is 10.3 Å². The highest BCUT2D eigenvalue weighted by Crippen LogP contribution is 2.18. The van der Waals surface area contributed by atoms with E-state index in [9.17, 15) is 27.4 Å². The molecule has 47 heavy (non-hydrogen) atoms. The SMILES string of the molecule is CCCCCCCCC(CC(=O)NCCCCCN=C(N)N)N(CC(=O)N[C@@H](CC(C)C)C(=O)NCCCCN=C(N)N)S(=O)(=O)O. The number of hydrogen-bond donors (Lipinski definition) is 8. The van der Waals surface area contributed by atoms with E-state index in [0.29, 0.717) is 62.6 Å². The zero-order chi connectivity index (χ0) is 35.7. The first kappa shape index (κ1) is 43.8. The zero-order valence-electron chi connectivity index (χ0n) is 28.7. The Morgan fingerprint density at radius 1 is 0.766 bits per heavy atom. The Balaban J connectivity index is 5.48. The van der Waals surface area contributed by atoms with Crippen molar-refractivity contribution in [1.82, 2.24) is 20.3 Å². The maximum atomic E-state index is 13.2. The summed E-state index contributed by atoms with van der Waals surface area (Å²) < 4.78 is 36.0. The first-order valence-electron chi connectivity index (χ1n) is 16.9. The van der Waals surface area contributed by atoms with Crippen LogP contribution in [0.25, 0.3) is 0 Å². The minimum Gasteiger partial charge on any atom is -0.370 e. The van der Waals surface area contributed by atoms with Crippen molar-refractivity contribution in [2.75, 3.05) is 32.7 Å². The number of nitrogens with two attached hydrogens (primary N) is 4. The lowest BCUT2D eigenvalue weighted by atomic mass is 10.0. The molecule has 0 bridgehead atoms. The molecule has 0 heterocycles. The van der Waals surface area contributed by atoms with Gasteiger partial charge < -0.3 is 38.9 Å². The molecule has 0 aromatic heterocycles. The van der Waals surface area contributed by atoms with Crippen LogP contribution < -0.4 is 38.9 Å². The van der Waals surface area contributed by atoms with Gasteiger partial charge in [0.1, 0.15) is 6.04 Å². The molecule has 0 saturated carbocycles. The summed E-state index contributed by atoms with van der Waals surface area (Å²) in [5, 5.41) is 8.22. The third-order valence-electron chi connectivity index (χ3n) is 7.30. The van der Waals surface area contributed by atoms with Crippen LogP contribution in [-0.4, -0.2) is 91.7 Å². The van der Waals surface area contributed by atoms with Crippen LogP contribution in [0.4, 0.5) is 0 Å². The average Bonchev–Trinajstić information content (AvgIpc) is 2.96. The van der Waals surface area contributed by atoms with Crippen molar-refractivity contribution in [3.8, 4) is 0 Å². The van der Waals surface area contributed by atoms with Crippen molar-refractivity contribution < 1.29 is 27.4 Å². The second-order valence-corrected chi connectivity index (χ2v) is 13.6. The first-order chi connectivity index (χ1) is 22.2. The maximum Gasteiger partial charge on any atom is 0.336 e. The van der Waals surface area contributed by atoms with Gasteiger partial charge in [0.25, 0.3) is 0 Å². The highest BCUT2D eigenvalue weighted by molar-refractivity contribution is 7.83. The Labute approximate surface area is 281 Å². The maximum absolute atomic E-state index is 13.2. The summed E-state index contributed by atoms with van der Waals surface area (Å²) in [5.74, 6) is -1.50. The number of carbonyl (C=O) groups excluding carboxylic acids is 3. The number of unbranched alkanes of at least 4 members (excludes halogenated alkanes) is 8. The predicted octanol–water partition coefficient (Wildman–Crippen LogP) is 0.861. The molecule has 17 heteroatoms. The molecule has 2 atom stereocenters. The van der Waals surface area contributed by atoms with E-state index in [-0.39, 0.29) is 30.7 Å². The number of amides is 3. The van der Waals surface area contributed by atoms with Gasteiger partial charge in [-0.05, 0) is 50.9 Å². The van der Waals surface area contributed by atoms with E-state index < -0.39 is 46.7 Å². The van der Waals surface area contributed by atoms with Crippen LogP contribution in [0.15, 0.2) is 9.98 Å². The third kappa shape index (κ3) is 24.6. The van der Waals surface area contributed by atoms with E-state index in [4.69, 9.17) is 22.9 Å². The second-order valence-electron chi connectivity index (χ2n) is 12.2. The first-order valence-corrected chi connectivity index (χ1v) is 18.3. The Morgan fingerprint density at radius 2 is 1.30 bits per heavy atom. The lowest BCUT2D eigenvalue weighted by Crippen LogP contribution is -2.52. The predicted molar refractivity (Wildman–Crippen MR) is 186 cm³/mol. The highest BCUT2D eigenvalue weighted by atomic mass is 32.2. The molecule has 3 amide bonds. The third-order valence-corrected chi connectivity index (χ3v) is 8.32. The monoisotopic (exact) mass is 690 g/mol. The van der Waals surface area contributed by atoms with Crippen molar-refractivity contribution in [2.24, 2.45) is 38.8 Å². The van der Waals surface area contributed by atoms with E-state index in [2.05, 4.69) is 32.9 Å². The minimum absolute atomic E-state index is 0.00479. The van der Waals surface area contributed by atoms with Crippen LogP contribution in [-0.2, 0) is 24.7 Å². The molecule has 0 radical (unpaired) electrons. The summed E-state index contributed by atoms with van der Waals surface area (Å²) in [6.07, 6.45) is 9.43.